The Kier molecular flexibility index (Phi) is 7.03. The van der Waals surface area contributed by atoms with Crippen LogP contribution in [-0.4, -0.2) is 35.8 Å². The molecule has 0 radical (unpaired) electrons. The summed E-state index contributed by atoms with van der Waals surface area (Å²) < 4.78 is 5.23. The molecule has 2 aromatic rings. The molecule has 2 aromatic carbocycles. The van der Waals surface area contributed by atoms with Gasteiger partial charge in [0.25, 0.3) is 0 Å². The molecule has 1 aliphatic rings. The summed E-state index contributed by atoms with van der Waals surface area (Å²) in [7, 11) is 1.65. The Hall–Kier alpha value is -1.97. The van der Waals surface area contributed by atoms with Crippen LogP contribution in [0.5, 0.6) is 11.5 Å². The van der Waals surface area contributed by atoms with Gasteiger partial charge in [-0.05, 0) is 37.6 Å². The zero-order valence-electron chi connectivity index (χ0n) is 16.5. The van der Waals surface area contributed by atoms with Crippen molar-refractivity contribution in [2.45, 2.75) is 32.1 Å². The molecule has 1 heterocycles. The van der Waals surface area contributed by atoms with E-state index in [-0.39, 0.29) is 17.4 Å². The normalized spacial score (nSPS) is 19.7. The second-order valence-electron chi connectivity index (χ2n) is 6.57. The first-order valence-electron chi connectivity index (χ1n) is 9.49. The highest BCUT2D eigenvalue weighted by atomic mass is 32.1. The van der Waals surface area contributed by atoms with E-state index in [0.29, 0.717) is 6.54 Å². The first kappa shape index (κ1) is 20.8. The van der Waals surface area contributed by atoms with Gasteiger partial charge in [0.15, 0.2) is 0 Å². The van der Waals surface area contributed by atoms with Crippen LogP contribution in [0.4, 0.5) is 5.69 Å². The molecule has 3 rings (SSSR count). The lowest BCUT2D eigenvalue weighted by Crippen LogP contribution is -2.42. The number of rotatable bonds is 8. The van der Waals surface area contributed by atoms with Gasteiger partial charge in [0, 0.05) is 37.0 Å². The third kappa shape index (κ3) is 4.53. The van der Waals surface area contributed by atoms with Crippen LogP contribution in [0.3, 0.4) is 0 Å². The molecule has 0 aromatic heterocycles. The molecule has 0 unspecified atom stereocenters. The molecule has 4 N–H and O–H groups in total. The van der Waals surface area contributed by atoms with E-state index in [1.54, 1.807) is 7.11 Å². The van der Waals surface area contributed by atoms with Crippen molar-refractivity contribution >= 4 is 18.3 Å². The first-order chi connectivity index (χ1) is 13.6. The van der Waals surface area contributed by atoms with Crippen LogP contribution in [-0.2, 0) is 6.54 Å². The third-order valence-electron chi connectivity index (χ3n) is 4.97. The predicted molar refractivity (Wildman–Crippen MR) is 115 cm³/mol. The van der Waals surface area contributed by atoms with Crippen LogP contribution in [0.2, 0.25) is 0 Å². The molecule has 2 atom stereocenters. The molecule has 0 amide bonds. The second kappa shape index (κ2) is 9.49. The number of nitrogens with zero attached hydrogens (tertiary/aromatic N) is 2. The lowest BCUT2D eigenvalue weighted by atomic mass is 10.1. The Morgan fingerprint density at radius 1 is 1.14 bits per heavy atom. The maximum Gasteiger partial charge on any atom is 0.132 e. The van der Waals surface area contributed by atoms with Crippen molar-refractivity contribution in [3.8, 4) is 11.5 Å². The van der Waals surface area contributed by atoms with E-state index in [0.717, 1.165) is 35.7 Å². The average molecular weight is 404 g/mol. The molecule has 7 nitrogen and oxygen atoms in total. The Balaban J connectivity index is 1.69. The standard InChI is InChI=1S/C20H29N5O2S/c1-4-24(5-2)16-9-6-15(18(26)12-16)13-21-25-19(22-23-20(25)28)14-7-10-17(27-3)11-8-14/h6-12,19-23,26,28H,4-5,13H2,1-3H3/t19-,20-/m0/s1. The molecule has 8 heteroatoms. The lowest BCUT2D eigenvalue weighted by Gasteiger charge is -2.27. The predicted octanol–water partition coefficient (Wildman–Crippen LogP) is 2.57. The largest absolute Gasteiger partial charge is 0.508 e. The number of phenolic OH excluding ortho intramolecular Hbond substituents is 1. The van der Waals surface area contributed by atoms with Crippen molar-refractivity contribution in [1.82, 2.24) is 21.3 Å². The van der Waals surface area contributed by atoms with E-state index in [1.165, 1.54) is 0 Å². The van der Waals surface area contributed by atoms with E-state index in [1.807, 2.05) is 47.5 Å². The van der Waals surface area contributed by atoms with E-state index in [9.17, 15) is 5.11 Å². The van der Waals surface area contributed by atoms with Gasteiger partial charge in [-0.1, -0.05) is 18.2 Å². The van der Waals surface area contributed by atoms with Crippen LogP contribution >= 0.6 is 12.6 Å². The van der Waals surface area contributed by atoms with Crippen molar-refractivity contribution in [1.29, 1.82) is 0 Å². The van der Waals surface area contributed by atoms with E-state index in [4.69, 9.17) is 4.74 Å². The first-order valence-corrected chi connectivity index (χ1v) is 10.0. The Labute approximate surface area is 172 Å². The minimum absolute atomic E-state index is 0.106. The van der Waals surface area contributed by atoms with Gasteiger partial charge in [0.05, 0.1) is 7.11 Å². The Morgan fingerprint density at radius 2 is 1.86 bits per heavy atom. The number of aromatic hydroxyl groups is 1. The number of hydrogen-bond donors (Lipinski definition) is 5. The fourth-order valence-corrected chi connectivity index (χ4v) is 3.59. The average Bonchev–Trinajstić information content (AvgIpc) is 3.09. The molecule has 1 aliphatic heterocycles. The van der Waals surface area contributed by atoms with Crippen LogP contribution in [0.25, 0.3) is 0 Å². The van der Waals surface area contributed by atoms with Crippen molar-refractivity contribution in [3.63, 3.8) is 0 Å². The number of phenols is 1. The number of thiol groups is 1. The zero-order chi connectivity index (χ0) is 20.1. The summed E-state index contributed by atoms with van der Waals surface area (Å²) in [5.41, 5.74) is 12.4. The highest BCUT2D eigenvalue weighted by Crippen LogP contribution is 2.27. The van der Waals surface area contributed by atoms with Gasteiger partial charge in [-0.15, -0.1) is 12.6 Å². The second-order valence-corrected chi connectivity index (χ2v) is 7.05. The van der Waals surface area contributed by atoms with Crippen molar-refractivity contribution < 1.29 is 9.84 Å². The smallest absolute Gasteiger partial charge is 0.132 e. The molecule has 0 aliphatic carbocycles. The maximum atomic E-state index is 10.5. The van der Waals surface area contributed by atoms with Crippen molar-refractivity contribution in [3.05, 3.63) is 53.6 Å². The van der Waals surface area contributed by atoms with Gasteiger partial charge in [-0.2, -0.15) is 5.01 Å². The van der Waals surface area contributed by atoms with Gasteiger partial charge in [0.1, 0.15) is 23.2 Å². The molecule has 1 saturated heterocycles. The molecular weight excluding hydrogens is 374 g/mol. The highest BCUT2D eigenvalue weighted by molar-refractivity contribution is 7.80. The Bertz CT molecular complexity index is 770. The van der Waals surface area contributed by atoms with Gasteiger partial charge in [0.2, 0.25) is 0 Å². The molecular formula is C20H29N5O2S. The molecule has 0 spiro atoms. The molecule has 0 saturated carbocycles. The minimum Gasteiger partial charge on any atom is -0.508 e. The third-order valence-corrected chi connectivity index (χ3v) is 5.35. The number of benzene rings is 2. The molecule has 28 heavy (non-hydrogen) atoms. The minimum atomic E-state index is -0.218. The van der Waals surface area contributed by atoms with Gasteiger partial charge >= 0.3 is 0 Å². The van der Waals surface area contributed by atoms with E-state index >= 15 is 0 Å². The number of hydrazine groups is 2. The summed E-state index contributed by atoms with van der Waals surface area (Å²) >= 11 is 4.57. The summed E-state index contributed by atoms with van der Waals surface area (Å²) in [5, 5.41) is 12.4. The van der Waals surface area contributed by atoms with Crippen LogP contribution in [0.1, 0.15) is 31.1 Å². The quantitative estimate of drug-likeness (QED) is 0.434. The van der Waals surface area contributed by atoms with Gasteiger partial charge in [-0.25, -0.2) is 16.3 Å². The highest BCUT2D eigenvalue weighted by Gasteiger charge is 2.31. The van der Waals surface area contributed by atoms with Crippen molar-refractivity contribution in [2.75, 3.05) is 25.1 Å². The molecule has 1 fully saturated rings. The van der Waals surface area contributed by atoms with Crippen LogP contribution in [0.15, 0.2) is 42.5 Å². The zero-order valence-corrected chi connectivity index (χ0v) is 17.4. The number of hydrogen-bond acceptors (Lipinski definition) is 8. The summed E-state index contributed by atoms with van der Waals surface area (Å²) in [6.45, 7) is 6.51. The summed E-state index contributed by atoms with van der Waals surface area (Å²) in [6, 6.07) is 13.7. The summed E-state index contributed by atoms with van der Waals surface area (Å²) in [4.78, 5) is 2.20. The Morgan fingerprint density at radius 3 is 2.46 bits per heavy atom. The fourth-order valence-electron chi connectivity index (χ4n) is 3.31. The van der Waals surface area contributed by atoms with Crippen LogP contribution < -0.4 is 25.9 Å². The summed E-state index contributed by atoms with van der Waals surface area (Å²) in [6.07, 6.45) is -0.106. The van der Waals surface area contributed by atoms with Gasteiger partial charge in [-0.3, -0.25) is 0 Å². The molecule has 0 bridgehead atoms. The number of methoxy groups -OCH3 is 1. The number of anilines is 1. The van der Waals surface area contributed by atoms with Crippen molar-refractivity contribution in [2.24, 2.45) is 0 Å². The lowest BCUT2D eigenvalue weighted by molar-refractivity contribution is 0.144. The van der Waals surface area contributed by atoms with E-state index < -0.39 is 0 Å². The van der Waals surface area contributed by atoms with E-state index in [2.05, 4.69) is 47.7 Å². The number of nitrogens with one attached hydrogen (secondary N) is 3. The van der Waals surface area contributed by atoms with Gasteiger partial charge < -0.3 is 14.7 Å². The van der Waals surface area contributed by atoms with Crippen LogP contribution in [0, 0.1) is 0 Å². The topological polar surface area (TPSA) is 72.0 Å². The monoisotopic (exact) mass is 403 g/mol. The summed E-state index contributed by atoms with van der Waals surface area (Å²) in [5.74, 6) is 1.10. The molecule has 152 valence electrons. The fraction of sp³-hybridized carbons (Fsp3) is 0.400. The number of ether oxygens (including phenoxy) is 1. The maximum absolute atomic E-state index is 10.5. The SMILES string of the molecule is CCN(CC)c1ccc(CNN2[C@@H](c3ccc(OC)cc3)NN[C@@H]2S)c(O)c1.